The van der Waals surface area contributed by atoms with Crippen LogP contribution in [0.1, 0.15) is 25.0 Å². The normalized spacial score (nSPS) is 8.12. The molecule has 0 bridgehead atoms. The number of aryl methyl sites for hydroxylation is 2. The molecule has 2 rings (SSSR count). The second-order valence-electron chi connectivity index (χ2n) is 3.04. The fourth-order valence-corrected chi connectivity index (χ4v) is 1.52. The number of fused-ring (bicyclic) bond motifs is 1. The summed E-state index contributed by atoms with van der Waals surface area (Å²) in [5, 5.41) is 2.76. The minimum atomic E-state index is 0. The predicted octanol–water partition coefficient (Wildman–Crippen LogP) is 4.85. The van der Waals surface area contributed by atoms with Crippen LogP contribution in [-0.2, 0) is 26.2 Å². The van der Waals surface area contributed by atoms with Gasteiger partial charge >= 0.3 is 26.2 Å². The molecule has 0 saturated carbocycles. The zero-order valence-corrected chi connectivity index (χ0v) is 13.3. The van der Waals surface area contributed by atoms with Crippen molar-refractivity contribution in [1.82, 2.24) is 0 Å². The second kappa shape index (κ2) is 9.91. The maximum atomic E-state index is 3.25. The van der Waals surface area contributed by atoms with Gasteiger partial charge in [-0.2, -0.15) is 19.4 Å². The van der Waals surface area contributed by atoms with Gasteiger partial charge in [-0.3, -0.25) is 0 Å². The van der Waals surface area contributed by atoms with Crippen LogP contribution < -0.4 is 0 Å². The Balaban J connectivity index is 0. The molecule has 0 aromatic heterocycles. The second-order valence-corrected chi connectivity index (χ2v) is 3.04. The Morgan fingerprint density at radius 1 is 0.938 bits per heavy atom. The molecule has 84 valence electrons. The first-order valence-corrected chi connectivity index (χ1v) is 5.32. The number of hydrogen-bond acceptors (Lipinski definition) is 0. The third-order valence-corrected chi connectivity index (χ3v) is 2.33. The van der Waals surface area contributed by atoms with Crippen molar-refractivity contribution in [2.24, 2.45) is 0 Å². The third-order valence-electron chi connectivity index (χ3n) is 2.33. The molecular formula is C15H21Zr+. The molecular weight excluding hydrogens is 271 g/mol. The average Bonchev–Trinajstić information content (AvgIpc) is 2.61. The van der Waals surface area contributed by atoms with Crippen molar-refractivity contribution in [3.05, 3.63) is 55.3 Å². The van der Waals surface area contributed by atoms with E-state index in [-0.39, 0.29) is 26.2 Å². The zero-order valence-electron chi connectivity index (χ0n) is 10.8. The quantitative estimate of drug-likeness (QED) is 0.609. The van der Waals surface area contributed by atoms with E-state index in [0.29, 0.717) is 0 Å². The van der Waals surface area contributed by atoms with E-state index in [0.717, 1.165) is 0 Å². The minimum Gasteiger partial charge on any atom is -0.346 e. The third kappa shape index (κ3) is 4.30. The van der Waals surface area contributed by atoms with Crippen LogP contribution in [0.25, 0.3) is 10.8 Å². The molecule has 1 heteroatoms. The van der Waals surface area contributed by atoms with Gasteiger partial charge < -0.3 is 13.8 Å². The van der Waals surface area contributed by atoms with Crippen LogP contribution in [0.2, 0.25) is 0 Å². The summed E-state index contributed by atoms with van der Waals surface area (Å²) in [4.78, 5) is 0. The van der Waals surface area contributed by atoms with Crippen molar-refractivity contribution < 1.29 is 26.2 Å². The number of hydrogen-bond donors (Lipinski definition) is 0. The summed E-state index contributed by atoms with van der Waals surface area (Å²) >= 11 is 0. The summed E-state index contributed by atoms with van der Waals surface area (Å²) in [5.41, 5.74) is 2.81. The van der Waals surface area contributed by atoms with E-state index in [1.807, 2.05) is 0 Å². The molecule has 16 heavy (non-hydrogen) atoms. The van der Waals surface area contributed by atoms with E-state index in [4.69, 9.17) is 0 Å². The summed E-state index contributed by atoms with van der Waals surface area (Å²) in [5.74, 6) is 0. The smallest absolute Gasteiger partial charge is 0.346 e. The molecule has 0 fully saturated rings. The molecule has 0 radical (unpaired) electrons. The molecule has 0 nitrogen and oxygen atoms in total. The van der Waals surface area contributed by atoms with Crippen molar-refractivity contribution >= 4 is 10.8 Å². The topological polar surface area (TPSA) is 0 Å². The summed E-state index contributed by atoms with van der Waals surface area (Å²) in [6.45, 7) is 14.3. The number of rotatable bonds is 0. The Bertz CT molecular complexity index is 385. The largest absolute Gasteiger partial charge is 4.00 e. The van der Waals surface area contributed by atoms with Gasteiger partial charge in [-0.05, 0) is 0 Å². The van der Waals surface area contributed by atoms with Crippen molar-refractivity contribution in [2.75, 3.05) is 0 Å². The molecule has 0 N–H and O–H groups in total. The van der Waals surface area contributed by atoms with Crippen LogP contribution in [-0.4, -0.2) is 0 Å². The van der Waals surface area contributed by atoms with Gasteiger partial charge in [0.05, 0.1) is 0 Å². The van der Waals surface area contributed by atoms with E-state index in [2.05, 4.69) is 58.0 Å². The van der Waals surface area contributed by atoms with E-state index < -0.39 is 0 Å². The van der Waals surface area contributed by atoms with Gasteiger partial charge in [-0.1, -0.05) is 19.9 Å². The maximum absolute atomic E-state index is 3.25. The summed E-state index contributed by atoms with van der Waals surface area (Å²) in [7, 11) is 0. The molecule has 0 aliphatic heterocycles. The van der Waals surface area contributed by atoms with Crippen molar-refractivity contribution in [2.45, 2.75) is 27.7 Å². The zero-order chi connectivity index (χ0) is 11.8. The van der Waals surface area contributed by atoms with Gasteiger partial charge in [-0.25, -0.2) is 0 Å². The summed E-state index contributed by atoms with van der Waals surface area (Å²) < 4.78 is 0. The molecule has 0 spiro atoms. The van der Waals surface area contributed by atoms with Gasteiger partial charge in [0.2, 0.25) is 0 Å². The monoisotopic (exact) mass is 291 g/mol. The van der Waals surface area contributed by atoms with Crippen LogP contribution in [0.15, 0.2) is 30.3 Å². The van der Waals surface area contributed by atoms with Crippen LogP contribution in [0.4, 0.5) is 0 Å². The minimum absolute atomic E-state index is 0. The Morgan fingerprint density at radius 2 is 1.44 bits per heavy atom. The Hall–Kier alpha value is -0.287. The van der Waals surface area contributed by atoms with Crippen molar-refractivity contribution in [3.8, 4) is 0 Å². The van der Waals surface area contributed by atoms with Gasteiger partial charge in [0.1, 0.15) is 0 Å². The first kappa shape index (κ1) is 18.1. The van der Waals surface area contributed by atoms with Gasteiger partial charge in [-0.15, -0.1) is 40.6 Å². The first-order valence-electron chi connectivity index (χ1n) is 5.32. The molecule has 2 aromatic carbocycles. The maximum Gasteiger partial charge on any atom is 4.00 e. The predicted molar refractivity (Wildman–Crippen MR) is 71.1 cm³/mol. The molecule has 0 aliphatic carbocycles. The summed E-state index contributed by atoms with van der Waals surface area (Å²) in [6.07, 6.45) is 0. The van der Waals surface area contributed by atoms with E-state index >= 15 is 0 Å². The standard InChI is InChI=1S/C11H11.2C2H5.Zr/c1-8-7-10-5-3-4-6-11(10)9(8)2;2*1-2;/h3-7H,1-2H3;2*1H2,2H3;/q3*-1;+4. The van der Waals surface area contributed by atoms with Crippen LogP contribution in [0.3, 0.4) is 0 Å². The van der Waals surface area contributed by atoms with Gasteiger partial charge in [0, 0.05) is 0 Å². The number of benzene rings is 1. The molecule has 0 atom stereocenters. The molecule has 0 saturated heterocycles. The van der Waals surface area contributed by atoms with E-state index in [9.17, 15) is 0 Å². The first-order chi connectivity index (χ1) is 7.29. The fraction of sp³-hybridized carbons (Fsp3) is 0.267. The van der Waals surface area contributed by atoms with Gasteiger partial charge in [0.15, 0.2) is 0 Å². The van der Waals surface area contributed by atoms with Crippen LogP contribution in [0, 0.1) is 27.7 Å². The van der Waals surface area contributed by atoms with E-state index in [1.54, 1.807) is 13.8 Å². The molecule has 0 aliphatic rings. The van der Waals surface area contributed by atoms with Gasteiger partial charge in [0.25, 0.3) is 0 Å². The Kier molecular flexibility index (Phi) is 11.2. The van der Waals surface area contributed by atoms with Crippen molar-refractivity contribution in [1.29, 1.82) is 0 Å². The fourth-order valence-electron chi connectivity index (χ4n) is 1.52. The molecule has 0 heterocycles. The molecule has 0 amide bonds. The molecule has 0 unspecified atom stereocenters. The van der Waals surface area contributed by atoms with Crippen molar-refractivity contribution in [3.63, 3.8) is 0 Å². The Morgan fingerprint density at radius 3 is 1.94 bits per heavy atom. The molecule has 2 aromatic rings. The SMILES string of the molecule is Cc1[cH-]c2ccccc2c1C.[CH2-]C.[CH2-]C.[Zr+4]. The Labute approximate surface area is 120 Å². The average molecular weight is 293 g/mol. The van der Waals surface area contributed by atoms with Crippen LogP contribution >= 0.6 is 0 Å². The van der Waals surface area contributed by atoms with Crippen LogP contribution in [0.5, 0.6) is 0 Å². The van der Waals surface area contributed by atoms with E-state index in [1.165, 1.54) is 21.9 Å². The summed E-state index contributed by atoms with van der Waals surface area (Å²) in [6, 6.07) is 10.8.